The molecule has 0 bridgehead atoms. The molecule has 4 nitrogen and oxygen atoms in total. The molecule has 0 saturated carbocycles. The van der Waals surface area contributed by atoms with Gasteiger partial charge in [0.05, 0.1) is 10.0 Å². The quantitative estimate of drug-likeness (QED) is 0.617. The average Bonchev–Trinajstić information content (AvgIpc) is 2.68. The van der Waals surface area contributed by atoms with Crippen molar-refractivity contribution in [3.63, 3.8) is 0 Å². The van der Waals surface area contributed by atoms with Gasteiger partial charge in [-0.3, -0.25) is 4.90 Å². The number of piperazine rings is 1. The van der Waals surface area contributed by atoms with Crippen LogP contribution in [0.2, 0.25) is 15.1 Å². The third kappa shape index (κ3) is 6.53. The van der Waals surface area contributed by atoms with Gasteiger partial charge in [0.15, 0.2) is 0 Å². The maximum absolute atomic E-state index is 6.18. The Kier molecular flexibility index (Phi) is 8.07. The number of ether oxygens (including phenoxy) is 1. The van der Waals surface area contributed by atoms with Gasteiger partial charge in [0.1, 0.15) is 12.4 Å². The highest BCUT2D eigenvalue weighted by Gasteiger charge is 2.10. The lowest BCUT2D eigenvalue weighted by Crippen LogP contribution is -2.45. The molecule has 146 valence electrons. The number of rotatable bonds is 8. The summed E-state index contributed by atoms with van der Waals surface area (Å²) >= 11 is 18.2. The standard InChI is InChI=1S/C20H24Cl3N3O/c21-17-2-4-20(27-14-15-1-3-18(22)19(23)11-15)16(12-17)13-25-7-10-26-8-5-24-6-9-26/h1-4,11-12,24-25H,5-10,13-14H2. The second-order valence-electron chi connectivity index (χ2n) is 6.56. The largest absolute Gasteiger partial charge is 0.489 e. The molecule has 2 aromatic rings. The first kappa shape index (κ1) is 20.7. The number of hydrogen-bond donors (Lipinski definition) is 2. The second-order valence-corrected chi connectivity index (χ2v) is 7.81. The Morgan fingerprint density at radius 3 is 2.59 bits per heavy atom. The van der Waals surface area contributed by atoms with Crippen molar-refractivity contribution in [3.05, 3.63) is 62.6 Å². The van der Waals surface area contributed by atoms with Crippen molar-refractivity contribution in [2.75, 3.05) is 39.3 Å². The number of nitrogens with zero attached hydrogens (tertiary/aromatic N) is 1. The van der Waals surface area contributed by atoms with Crippen LogP contribution in [0.5, 0.6) is 5.75 Å². The summed E-state index contributed by atoms with van der Waals surface area (Å²) in [6, 6.07) is 11.2. The fraction of sp³-hybridized carbons (Fsp3) is 0.400. The fourth-order valence-electron chi connectivity index (χ4n) is 3.01. The van der Waals surface area contributed by atoms with E-state index in [1.165, 1.54) is 0 Å². The van der Waals surface area contributed by atoms with Gasteiger partial charge >= 0.3 is 0 Å². The Bertz CT molecular complexity index is 751. The van der Waals surface area contributed by atoms with Gasteiger partial charge < -0.3 is 15.4 Å². The van der Waals surface area contributed by atoms with Gasteiger partial charge in [0, 0.05) is 56.4 Å². The Morgan fingerprint density at radius 1 is 1.00 bits per heavy atom. The summed E-state index contributed by atoms with van der Waals surface area (Å²) in [6.45, 7) is 7.46. The highest BCUT2D eigenvalue weighted by atomic mass is 35.5. The molecule has 1 aliphatic rings. The molecule has 2 N–H and O–H groups in total. The molecule has 0 spiro atoms. The van der Waals surface area contributed by atoms with E-state index in [9.17, 15) is 0 Å². The van der Waals surface area contributed by atoms with Crippen LogP contribution in [-0.4, -0.2) is 44.2 Å². The summed E-state index contributed by atoms with van der Waals surface area (Å²) in [6.07, 6.45) is 0. The second kappa shape index (κ2) is 10.5. The van der Waals surface area contributed by atoms with E-state index < -0.39 is 0 Å². The zero-order valence-electron chi connectivity index (χ0n) is 15.1. The molecule has 0 aromatic heterocycles. The van der Waals surface area contributed by atoms with E-state index in [4.69, 9.17) is 39.5 Å². The monoisotopic (exact) mass is 427 g/mol. The van der Waals surface area contributed by atoms with Crippen LogP contribution >= 0.6 is 34.8 Å². The third-order valence-corrected chi connectivity index (χ3v) is 5.50. The van der Waals surface area contributed by atoms with E-state index in [1.807, 2.05) is 30.3 Å². The third-order valence-electron chi connectivity index (χ3n) is 4.53. The lowest BCUT2D eigenvalue weighted by atomic mass is 10.2. The Balaban J connectivity index is 1.53. The first-order valence-corrected chi connectivity index (χ1v) is 10.2. The van der Waals surface area contributed by atoms with Crippen molar-refractivity contribution >= 4 is 34.8 Å². The van der Waals surface area contributed by atoms with Crippen LogP contribution in [0.3, 0.4) is 0 Å². The molecule has 0 atom stereocenters. The van der Waals surface area contributed by atoms with Crippen LogP contribution in [0.4, 0.5) is 0 Å². The predicted molar refractivity (Wildman–Crippen MR) is 113 cm³/mol. The van der Waals surface area contributed by atoms with E-state index in [1.54, 1.807) is 6.07 Å². The number of halogens is 3. The van der Waals surface area contributed by atoms with Crippen LogP contribution in [0.15, 0.2) is 36.4 Å². The molecule has 1 heterocycles. The normalized spacial score (nSPS) is 15.1. The molecule has 3 rings (SSSR count). The topological polar surface area (TPSA) is 36.5 Å². The summed E-state index contributed by atoms with van der Waals surface area (Å²) in [5.41, 5.74) is 2.01. The minimum absolute atomic E-state index is 0.423. The van der Waals surface area contributed by atoms with Gasteiger partial charge in [0.25, 0.3) is 0 Å². The predicted octanol–water partition coefficient (Wildman–Crippen LogP) is 4.22. The van der Waals surface area contributed by atoms with Crippen molar-refractivity contribution in [2.24, 2.45) is 0 Å². The minimum atomic E-state index is 0.423. The fourth-order valence-corrected chi connectivity index (χ4v) is 3.53. The van der Waals surface area contributed by atoms with Crippen molar-refractivity contribution in [1.29, 1.82) is 0 Å². The van der Waals surface area contributed by atoms with Crippen LogP contribution in [0, 0.1) is 0 Å². The first-order valence-electron chi connectivity index (χ1n) is 9.11. The molecule has 1 fully saturated rings. The van der Waals surface area contributed by atoms with Crippen LogP contribution in [0.1, 0.15) is 11.1 Å². The van der Waals surface area contributed by atoms with Crippen molar-refractivity contribution < 1.29 is 4.74 Å². The summed E-state index contributed by atoms with van der Waals surface area (Å²) in [5, 5.41) is 8.64. The van der Waals surface area contributed by atoms with Gasteiger partial charge in [-0.1, -0.05) is 40.9 Å². The maximum Gasteiger partial charge on any atom is 0.124 e. The van der Waals surface area contributed by atoms with Crippen molar-refractivity contribution in [1.82, 2.24) is 15.5 Å². The number of nitrogens with one attached hydrogen (secondary N) is 2. The maximum atomic E-state index is 6.18. The highest BCUT2D eigenvalue weighted by Crippen LogP contribution is 2.26. The Morgan fingerprint density at radius 2 is 1.81 bits per heavy atom. The molecule has 2 aromatic carbocycles. The zero-order chi connectivity index (χ0) is 19.1. The van der Waals surface area contributed by atoms with Crippen LogP contribution in [0.25, 0.3) is 0 Å². The number of hydrogen-bond acceptors (Lipinski definition) is 4. The lowest BCUT2D eigenvalue weighted by Gasteiger charge is -2.27. The van der Waals surface area contributed by atoms with E-state index in [0.717, 1.165) is 56.1 Å². The van der Waals surface area contributed by atoms with E-state index >= 15 is 0 Å². The Labute approximate surface area is 175 Å². The molecular formula is C20H24Cl3N3O. The SMILES string of the molecule is Clc1ccc(OCc2ccc(Cl)c(Cl)c2)c(CNCCN2CCNCC2)c1. The first-order chi connectivity index (χ1) is 13.1. The summed E-state index contributed by atoms with van der Waals surface area (Å²) < 4.78 is 6.00. The van der Waals surface area contributed by atoms with E-state index in [2.05, 4.69) is 15.5 Å². The van der Waals surface area contributed by atoms with E-state index in [-0.39, 0.29) is 0 Å². The van der Waals surface area contributed by atoms with E-state index in [0.29, 0.717) is 28.2 Å². The van der Waals surface area contributed by atoms with Crippen molar-refractivity contribution in [3.8, 4) is 5.75 Å². The smallest absolute Gasteiger partial charge is 0.124 e. The summed E-state index contributed by atoms with van der Waals surface area (Å²) in [5.74, 6) is 0.820. The molecule has 0 aliphatic carbocycles. The molecule has 1 saturated heterocycles. The lowest BCUT2D eigenvalue weighted by molar-refractivity contribution is 0.240. The van der Waals surface area contributed by atoms with Crippen LogP contribution in [-0.2, 0) is 13.2 Å². The average molecular weight is 429 g/mol. The van der Waals surface area contributed by atoms with Crippen LogP contribution < -0.4 is 15.4 Å². The Hall–Kier alpha value is -1.01. The highest BCUT2D eigenvalue weighted by molar-refractivity contribution is 6.42. The van der Waals surface area contributed by atoms with Crippen molar-refractivity contribution in [2.45, 2.75) is 13.2 Å². The molecule has 27 heavy (non-hydrogen) atoms. The molecular weight excluding hydrogens is 405 g/mol. The zero-order valence-corrected chi connectivity index (χ0v) is 17.4. The summed E-state index contributed by atoms with van der Waals surface area (Å²) in [4.78, 5) is 2.46. The van der Waals surface area contributed by atoms with Gasteiger partial charge in [0.2, 0.25) is 0 Å². The molecule has 0 amide bonds. The molecule has 7 heteroatoms. The van der Waals surface area contributed by atoms with Gasteiger partial charge in [-0.2, -0.15) is 0 Å². The van der Waals surface area contributed by atoms with Gasteiger partial charge in [-0.15, -0.1) is 0 Å². The molecule has 0 unspecified atom stereocenters. The molecule has 1 aliphatic heterocycles. The minimum Gasteiger partial charge on any atom is -0.489 e. The van der Waals surface area contributed by atoms with Gasteiger partial charge in [-0.25, -0.2) is 0 Å². The molecule has 0 radical (unpaired) electrons. The van der Waals surface area contributed by atoms with Gasteiger partial charge in [-0.05, 0) is 35.9 Å². The number of benzene rings is 2. The summed E-state index contributed by atoms with van der Waals surface area (Å²) in [7, 11) is 0.